The topological polar surface area (TPSA) is 119 Å². The van der Waals surface area contributed by atoms with Crippen LogP contribution in [0, 0.1) is 0 Å². The number of furan rings is 1. The Morgan fingerprint density at radius 3 is 2.63 bits per heavy atom. The van der Waals surface area contributed by atoms with E-state index in [0.717, 1.165) is 11.8 Å². The van der Waals surface area contributed by atoms with Crippen LogP contribution in [0.2, 0.25) is 5.02 Å². The molecule has 2 amide bonds. The van der Waals surface area contributed by atoms with Crippen LogP contribution in [0.5, 0.6) is 5.75 Å². The number of benzene rings is 1. The highest BCUT2D eigenvalue weighted by molar-refractivity contribution is 7.99. The summed E-state index contributed by atoms with van der Waals surface area (Å²) < 4.78 is 15.7. The van der Waals surface area contributed by atoms with Crippen molar-refractivity contribution in [3.05, 3.63) is 47.7 Å². The first kappa shape index (κ1) is 18.8. The third kappa shape index (κ3) is 5.76. The molecule has 0 atom stereocenters. The van der Waals surface area contributed by atoms with Crippen molar-refractivity contribution in [1.29, 1.82) is 0 Å². The summed E-state index contributed by atoms with van der Waals surface area (Å²) in [6.45, 7) is -0.259. The van der Waals surface area contributed by atoms with E-state index in [9.17, 15) is 9.59 Å². The van der Waals surface area contributed by atoms with E-state index in [0.29, 0.717) is 16.5 Å². The van der Waals surface area contributed by atoms with Gasteiger partial charge in [0.25, 0.3) is 17.0 Å². The first-order valence-electron chi connectivity index (χ1n) is 7.56. The number of aromatic nitrogens is 2. The van der Waals surface area contributed by atoms with Crippen LogP contribution in [-0.2, 0) is 9.59 Å². The zero-order chi connectivity index (χ0) is 19.1. The van der Waals surface area contributed by atoms with Gasteiger partial charge in [0.2, 0.25) is 5.91 Å². The lowest BCUT2D eigenvalue weighted by molar-refractivity contribution is -0.128. The molecule has 0 saturated heterocycles. The predicted molar refractivity (Wildman–Crippen MR) is 96.0 cm³/mol. The maximum absolute atomic E-state index is 11.8. The fraction of sp³-hybridized carbons (Fsp3) is 0.125. The second-order valence-corrected chi connectivity index (χ2v) is 6.34. The van der Waals surface area contributed by atoms with E-state index in [2.05, 4.69) is 21.0 Å². The summed E-state index contributed by atoms with van der Waals surface area (Å²) in [5.41, 5.74) is 4.51. The van der Waals surface area contributed by atoms with Crippen molar-refractivity contribution in [3.63, 3.8) is 0 Å². The number of hydrogen-bond acceptors (Lipinski definition) is 8. The third-order valence-corrected chi connectivity index (χ3v) is 4.06. The molecular weight excluding hydrogens is 396 g/mol. The molecule has 0 bridgehead atoms. The molecule has 0 aliphatic heterocycles. The van der Waals surface area contributed by atoms with Crippen molar-refractivity contribution < 1.29 is 23.2 Å². The average molecular weight is 409 g/mol. The fourth-order valence-corrected chi connectivity index (χ4v) is 2.48. The summed E-state index contributed by atoms with van der Waals surface area (Å²) in [5.74, 6) is 0.152. The Labute approximate surface area is 162 Å². The number of carbonyl (C=O) groups excluding carboxylic acids is 2. The molecule has 0 saturated carbocycles. The summed E-state index contributed by atoms with van der Waals surface area (Å²) in [5, 5.41) is 8.38. The maximum atomic E-state index is 11.8. The number of amides is 2. The van der Waals surface area contributed by atoms with Crippen molar-refractivity contribution in [2.75, 3.05) is 12.4 Å². The smallest absolute Gasteiger partial charge is 0.284 e. The van der Waals surface area contributed by atoms with E-state index < -0.39 is 11.8 Å². The Kier molecular flexibility index (Phi) is 6.34. The van der Waals surface area contributed by atoms with Gasteiger partial charge in [-0.3, -0.25) is 20.4 Å². The van der Waals surface area contributed by atoms with Gasteiger partial charge < -0.3 is 13.6 Å². The quantitative estimate of drug-likeness (QED) is 0.451. The van der Waals surface area contributed by atoms with E-state index in [1.807, 2.05) is 0 Å². The van der Waals surface area contributed by atoms with Gasteiger partial charge in [0.05, 0.1) is 12.0 Å². The third-order valence-electron chi connectivity index (χ3n) is 2.99. The van der Waals surface area contributed by atoms with Crippen LogP contribution in [0.15, 0.2) is 56.7 Å². The van der Waals surface area contributed by atoms with Gasteiger partial charge in [-0.15, -0.1) is 10.2 Å². The van der Waals surface area contributed by atoms with Crippen LogP contribution in [0.4, 0.5) is 0 Å². The molecule has 0 aliphatic rings. The SMILES string of the molecule is O=C(COc1ccc(Cl)cc1)NNC(=O)CSc1nnc(-c2ccco2)o1. The monoisotopic (exact) mass is 408 g/mol. The van der Waals surface area contributed by atoms with Crippen LogP contribution in [0.3, 0.4) is 0 Å². The summed E-state index contributed by atoms with van der Waals surface area (Å²) >= 11 is 6.78. The number of halogens is 1. The van der Waals surface area contributed by atoms with E-state index in [4.69, 9.17) is 25.2 Å². The lowest BCUT2D eigenvalue weighted by atomic mass is 10.3. The number of nitrogens with one attached hydrogen (secondary N) is 2. The van der Waals surface area contributed by atoms with Gasteiger partial charge in [-0.05, 0) is 36.4 Å². The molecule has 2 N–H and O–H groups in total. The Balaban J connectivity index is 1.35. The second-order valence-electron chi connectivity index (χ2n) is 4.98. The first-order chi connectivity index (χ1) is 13.1. The zero-order valence-electron chi connectivity index (χ0n) is 13.7. The summed E-state index contributed by atoms with van der Waals surface area (Å²) in [6.07, 6.45) is 1.49. The van der Waals surface area contributed by atoms with Crippen LogP contribution in [0.1, 0.15) is 0 Å². The highest BCUT2D eigenvalue weighted by atomic mass is 35.5. The van der Waals surface area contributed by atoms with Gasteiger partial charge >= 0.3 is 0 Å². The molecule has 2 heterocycles. The van der Waals surface area contributed by atoms with Crippen molar-refractivity contribution in [3.8, 4) is 17.4 Å². The molecular formula is C16H13ClN4O5S. The number of nitrogens with zero attached hydrogens (tertiary/aromatic N) is 2. The number of thioether (sulfide) groups is 1. The van der Waals surface area contributed by atoms with Crippen LogP contribution >= 0.6 is 23.4 Å². The van der Waals surface area contributed by atoms with Gasteiger partial charge in [0, 0.05) is 5.02 Å². The normalized spacial score (nSPS) is 10.4. The van der Waals surface area contributed by atoms with E-state index in [1.165, 1.54) is 6.26 Å². The molecule has 1 aromatic carbocycles. The molecule has 0 unspecified atom stereocenters. The van der Waals surface area contributed by atoms with Crippen molar-refractivity contribution in [1.82, 2.24) is 21.0 Å². The van der Waals surface area contributed by atoms with Crippen LogP contribution in [0.25, 0.3) is 11.7 Å². The molecule has 2 aromatic heterocycles. The van der Waals surface area contributed by atoms with E-state index in [-0.39, 0.29) is 23.5 Å². The summed E-state index contributed by atoms with van der Waals surface area (Å²) in [4.78, 5) is 23.4. The molecule has 0 spiro atoms. The number of ether oxygens (including phenoxy) is 1. The first-order valence-corrected chi connectivity index (χ1v) is 8.93. The minimum absolute atomic E-state index is 0.0297. The van der Waals surface area contributed by atoms with Gasteiger partial charge in [-0.25, -0.2) is 0 Å². The molecule has 140 valence electrons. The number of rotatable bonds is 7. The van der Waals surface area contributed by atoms with Crippen LogP contribution < -0.4 is 15.6 Å². The van der Waals surface area contributed by atoms with Gasteiger partial charge in [0.15, 0.2) is 12.4 Å². The molecule has 3 rings (SSSR count). The summed E-state index contributed by atoms with van der Waals surface area (Å²) in [7, 11) is 0. The minimum Gasteiger partial charge on any atom is -0.484 e. The average Bonchev–Trinajstić information content (AvgIpc) is 3.35. The Morgan fingerprint density at radius 1 is 1.11 bits per heavy atom. The second kappa shape index (κ2) is 9.10. The fourth-order valence-electron chi connectivity index (χ4n) is 1.79. The molecule has 3 aromatic rings. The predicted octanol–water partition coefficient (Wildman–Crippen LogP) is 2.30. The van der Waals surface area contributed by atoms with Crippen molar-refractivity contribution >= 4 is 35.2 Å². The van der Waals surface area contributed by atoms with Gasteiger partial charge in [-0.1, -0.05) is 23.4 Å². The van der Waals surface area contributed by atoms with Crippen molar-refractivity contribution in [2.24, 2.45) is 0 Å². The molecule has 0 fully saturated rings. The minimum atomic E-state index is -0.513. The number of hydrogen-bond donors (Lipinski definition) is 2. The number of carbonyl (C=O) groups is 2. The Bertz CT molecular complexity index is 898. The molecule has 0 radical (unpaired) electrons. The van der Waals surface area contributed by atoms with Gasteiger partial charge in [0.1, 0.15) is 5.75 Å². The summed E-state index contributed by atoms with van der Waals surface area (Å²) in [6, 6.07) is 9.92. The highest BCUT2D eigenvalue weighted by Gasteiger charge is 2.13. The van der Waals surface area contributed by atoms with E-state index in [1.54, 1.807) is 36.4 Å². The van der Waals surface area contributed by atoms with Gasteiger partial charge in [-0.2, -0.15) is 0 Å². The Morgan fingerprint density at radius 2 is 1.89 bits per heavy atom. The van der Waals surface area contributed by atoms with Crippen LogP contribution in [-0.4, -0.2) is 34.4 Å². The molecule has 11 heteroatoms. The lowest BCUT2D eigenvalue weighted by Gasteiger charge is -2.08. The van der Waals surface area contributed by atoms with Crippen molar-refractivity contribution in [2.45, 2.75) is 5.22 Å². The molecule has 9 nitrogen and oxygen atoms in total. The standard InChI is InChI=1S/C16H13ClN4O5S/c17-10-3-5-11(6-4-10)25-8-13(22)18-19-14(23)9-27-16-21-20-15(26-16)12-2-1-7-24-12/h1-7H,8-9H2,(H,18,22)(H,19,23). The molecule has 0 aliphatic carbocycles. The lowest BCUT2D eigenvalue weighted by Crippen LogP contribution is -2.44. The molecule has 27 heavy (non-hydrogen) atoms. The maximum Gasteiger partial charge on any atom is 0.284 e. The highest BCUT2D eigenvalue weighted by Crippen LogP contribution is 2.23. The number of hydrazine groups is 1. The Hall–Kier alpha value is -2.98. The largest absolute Gasteiger partial charge is 0.484 e. The van der Waals surface area contributed by atoms with E-state index >= 15 is 0 Å². The zero-order valence-corrected chi connectivity index (χ0v) is 15.2.